The Hall–Kier alpha value is -1.58. The monoisotopic (exact) mass is 266 g/mol. The van der Waals surface area contributed by atoms with Gasteiger partial charge in [-0.2, -0.15) is 0 Å². The van der Waals surface area contributed by atoms with Crippen LogP contribution in [0.2, 0.25) is 0 Å². The Morgan fingerprint density at radius 3 is 2.53 bits per heavy atom. The quantitative estimate of drug-likeness (QED) is 0.828. The van der Waals surface area contributed by atoms with Gasteiger partial charge in [-0.25, -0.2) is 9.18 Å². The van der Waals surface area contributed by atoms with E-state index in [0.29, 0.717) is 5.92 Å². The number of hydrogen-bond donors (Lipinski definition) is 2. The average Bonchev–Trinajstić information content (AvgIpc) is 2.30. The summed E-state index contributed by atoms with van der Waals surface area (Å²) in [6.07, 6.45) is 1.97. The second-order valence-electron chi connectivity index (χ2n) is 5.45. The standard InChI is InChI=1S/C15H23FN2O/c1-10(2)5-7-12(4)17-15(19)18-14-8-6-11(3)9-13(14)16/h6,8-10,12H,5,7H2,1-4H3,(H2,17,18,19). The minimum atomic E-state index is -0.412. The third kappa shape index (κ3) is 5.73. The smallest absolute Gasteiger partial charge is 0.319 e. The molecule has 1 unspecified atom stereocenters. The van der Waals surface area contributed by atoms with Gasteiger partial charge >= 0.3 is 6.03 Å². The number of amides is 2. The van der Waals surface area contributed by atoms with Crippen molar-refractivity contribution < 1.29 is 9.18 Å². The molecule has 0 saturated heterocycles. The molecule has 0 heterocycles. The van der Waals surface area contributed by atoms with Crippen LogP contribution in [0, 0.1) is 18.7 Å². The van der Waals surface area contributed by atoms with Crippen molar-refractivity contribution in [2.24, 2.45) is 5.92 Å². The number of halogens is 1. The van der Waals surface area contributed by atoms with Gasteiger partial charge in [-0.1, -0.05) is 19.9 Å². The zero-order chi connectivity index (χ0) is 14.4. The Morgan fingerprint density at radius 2 is 1.95 bits per heavy atom. The molecule has 1 aromatic carbocycles. The van der Waals surface area contributed by atoms with Crippen LogP contribution in [0.3, 0.4) is 0 Å². The van der Waals surface area contributed by atoms with Crippen molar-refractivity contribution >= 4 is 11.7 Å². The minimum absolute atomic E-state index is 0.0795. The van der Waals surface area contributed by atoms with Gasteiger partial charge in [0, 0.05) is 6.04 Å². The van der Waals surface area contributed by atoms with E-state index in [1.54, 1.807) is 19.1 Å². The summed E-state index contributed by atoms with van der Waals surface area (Å²) in [5.41, 5.74) is 1.04. The predicted octanol–water partition coefficient (Wildman–Crippen LogP) is 4.08. The van der Waals surface area contributed by atoms with E-state index in [9.17, 15) is 9.18 Å². The third-order valence-corrected chi connectivity index (χ3v) is 2.93. The highest BCUT2D eigenvalue weighted by Gasteiger charge is 2.10. The number of carbonyl (C=O) groups is 1. The molecule has 0 aromatic heterocycles. The molecule has 4 heteroatoms. The molecule has 2 N–H and O–H groups in total. The number of carbonyl (C=O) groups excluding carboxylic acids is 1. The molecule has 1 aromatic rings. The van der Waals surface area contributed by atoms with Crippen molar-refractivity contribution in [3.8, 4) is 0 Å². The number of hydrogen-bond acceptors (Lipinski definition) is 1. The van der Waals surface area contributed by atoms with Gasteiger partial charge < -0.3 is 10.6 Å². The van der Waals surface area contributed by atoms with E-state index in [2.05, 4.69) is 24.5 Å². The maximum atomic E-state index is 13.6. The van der Waals surface area contributed by atoms with Crippen molar-refractivity contribution in [1.29, 1.82) is 0 Å². The number of nitrogens with one attached hydrogen (secondary N) is 2. The predicted molar refractivity (Wildman–Crippen MR) is 76.8 cm³/mol. The van der Waals surface area contributed by atoms with Crippen LogP contribution >= 0.6 is 0 Å². The lowest BCUT2D eigenvalue weighted by atomic mass is 10.0. The van der Waals surface area contributed by atoms with Gasteiger partial charge in [0.15, 0.2) is 0 Å². The van der Waals surface area contributed by atoms with E-state index in [-0.39, 0.29) is 17.8 Å². The second-order valence-corrected chi connectivity index (χ2v) is 5.45. The van der Waals surface area contributed by atoms with Crippen LogP contribution in [0.25, 0.3) is 0 Å². The zero-order valence-corrected chi connectivity index (χ0v) is 12.1. The maximum Gasteiger partial charge on any atom is 0.319 e. The molecule has 0 radical (unpaired) electrons. The van der Waals surface area contributed by atoms with Crippen molar-refractivity contribution in [3.05, 3.63) is 29.6 Å². The molecule has 2 amide bonds. The van der Waals surface area contributed by atoms with E-state index in [1.807, 2.05) is 6.92 Å². The van der Waals surface area contributed by atoms with Crippen LogP contribution in [-0.4, -0.2) is 12.1 Å². The SMILES string of the molecule is Cc1ccc(NC(=O)NC(C)CCC(C)C)c(F)c1. The van der Waals surface area contributed by atoms with Crippen LogP contribution in [0.5, 0.6) is 0 Å². The first-order valence-corrected chi connectivity index (χ1v) is 6.72. The van der Waals surface area contributed by atoms with Crippen molar-refractivity contribution in [1.82, 2.24) is 5.32 Å². The Kier molecular flexibility index (Phi) is 5.80. The fourth-order valence-electron chi connectivity index (χ4n) is 1.76. The Morgan fingerprint density at radius 1 is 1.26 bits per heavy atom. The zero-order valence-electron chi connectivity index (χ0n) is 12.1. The van der Waals surface area contributed by atoms with Gasteiger partial charge in [0.1, 0.15) is 5.82 Å². The largest absolute Gasteiger partial charge is 0.335 e. The number of anilines is 1. The molecule has 0 aliphatic heterocycles. The first-order valence-electron chi connectivity index (χ1n) is 6.72. The summed E-state index contributed by atoms with van der Waals surface area (Å²) in [6, 6.07) is 4.46. The molecular formula is C15H23FN2O. The summed E-state index contributed by atoms with van der Waals surface area (Å²) in [5.74, 6) is 0.201. The lowest BCUT2D eigenvalue weighted by molar-refractivity contribution is 0.248. The van der Waals surface area contributed by atoms with Crippen LogP contribution in [0.1, 0.15) is 39.2 Å². The molecule has 106 valence electrons. The molecule has 1 atom stereocenters. The van der Waals surface area contributed by atoms with Gasteiger partial charge in [-0.3, -0.25) is 0 Å². The normalized spacial score (nSPS) is 12.3. The second kappa shape index (κ2) is 7.12. The molecule has 19 heavy (non-hydrogen) atoms. The van der Waals surface area contributed by atoms with Gasteiger partial charge in [0.05, 0.1) is 5.69 Å². The summed E-state index contributed by atoms with van der Waals surface area (Å²) >= 11 is 0. The third-order valence-electron chi connectivity index (χ3n) is 2.93. The summed E-state index contributed by atoms with van der Waals surface area (Å²) in [4.78, 5) is 11.7. The summed E-state index contributed by atoms with van der Waals surface area (Å²) in [7, 11) is 0. The Balaban J connectivity index is 2.46. The molecule has 1 rings (SSSR count). The van der Waals surface area contributed by atoms with E-state index in [1.165, 1.54) is 6.07 Å². The van der Waals surface area contributed by atoms with E-state index in [4.69, 9.17) is 0 Å². The fraction of sp³-hybridized carbons (Fsp3) is 0.533. The van der Waals surface area contributed by atoms with Crippen molar-refractivity contribution in [3.63, 3.8) is 0 Å². The van der Waals surface area contributed by atoms with E-state index in [0.717, 1.165) is 18.4 Å². The summed E-state index contributed by atoms with van der Waals surface area (Å²) < 4.78 is 13.6. The topological polar surface area (TPSA) is 41.1 Å². The number of aryl methyl sites for hydroxylation is 1. The van der Waals surface area contributed by atoms with Crippen molar-refractivity contribution in [2.75, 3.05) is 5.32 Å². The van der Waals surface area contributed by atoms with E-state index < -0.39 is 5.82 Å². The minimum Gasteiger partial charge on any atom is -0.335 e. The van der Waals surface area contributed by atoms with Gasteiger partial charge in [0.2, 0.25) is 0 Å². The molecule has 0 spiro atoms. The van der Waals surface area contributed by atoms with Gasteiger partial charge in [-0.15, -0.1) is 0 Å². The van der Waals surface area contributed by atoms with Crippen LogP contribution in [0.4, 0.5) is 14.9 Å². The maximum absolute atomic E-state index is 13.6. The Labute approximate surface area is 114 Å². The van der Waals surface area contributed by atoms with Crippen LogP contribution in [-0.2, 0) is 0 Å². The molecule has 3 nitrogen and oxygen atoms in total. The average molecular weight is 266 g/mol. The fourth-order valence-corrected chi connectivity index (χ4v) is 1.76. The van der Waals surface area contributed by atoms with Crippen LogP contribution < -0.4 is 10.6 Å². The number of rotatable bonds is 5. The molecule has 0 aliphatic carbocycles. The molecule has 0 saturated carbocycles. The first-order chi connectivity index (χ1) is 8.88. The number of benzene rings is 1. The van der Waals surface area contributed by atoms with Gasteiger partial charge in [-0.05, 0) is 50.3 Å². The highest BCUT2D eigenvalue weighted by Crippen LogP contribution is 2.15. The van der Waals surface area contributed by atoms with E-state index >= 15 is 0 Å². The first kappa shape index (κ1) is 15.5. The summed E-state index contributed by atoms with van der Waals surface area (Å²) in [5, 5.41) is 5.34. The van der Waals surface area contributed by atoms with Crippen molar-refractivity contribution in [2.45, 2.75) is 46.6 Å². The molecule has 0 aliphatic rings. The lowest BCUT2D eigenvalue weighted by Gasteiger charge is -2.16. The molecule has 0 bridgehead atoms. The van der Waals surface area contributed by atoms with Crippen LogP contribution in [0.15, 0.2) is 18.2 Å². The number of urea groups is 1. The highest BCUT2D eigenvalue weighted by atomic mass is 19.1. The highest BCUT2D eigenvalue weighted by molar-refractivity contribution is 5.89. The lowest BCUT2D eigenvalue weighted by Crippen LogP contribution is -2.36. The summed E-state index contributed by atoms with van der Waals surface area (Å²) in [6.45, 7) is 8.05. The van der Waals surface area contributed by atoms with Gasteiger partial charge in [0.25, 0.3) is 0 Å². The Bertz CT molecular complexity index is 432. The molecule has 0 fully saturated rings. The molecular weight excluding hydrogens is 243 g/mol.